The van der Waals surface area contributed by atoms with Crippen LogP contribution in [0.25, 0.3) is 0 Å². The molecule has 2 aromatic rings. The molecule has 0 radical (unpaired) electrons. The van der Waals surface area contributed by atoms with E-state index in [1.807, 2.05) is 0 Å². The summed E-state index contributed by atoms with van der Waals surface area (Å²) in [4.78, 5) is 15.3. The van der Waals surface area contributed by atoms with Crippen molar-refractivity contribution >= 4 is 17.3 Å². The summed E-state index contributed by atoms with van der Waals surface area (Å²) in [5.41, 5.74) is 7.50. The second-order valence-corrected chi connectivity index (χ2v) is 3.82. The molecule has 0 bridgehead atoms. The first-order chi connectivity index (χ1) is 9.20. The van der Waals surface area contributed by atoms with Crippen molar-refractivity contribution in [2.24, 2.45) is 0 Å². The Morgan fingerprint density at radius 2 is 2.37 bits per heavy atom. The van der Waals surface area contributed by atoms with Crippen LogP contribution in [0.3, 0.4) is 0 Å². The smallest absolute Gasteiger partial charge is 0.337 e. The molecular formula is C12H14N4O3. The highest BCUT2D eigenvalue weighted by molar-refractivity contribution is 5.91. The van der Waals surface area contributed by atoms with Gasteiger partial charge >= 0.3 is 5.97 Å². The van der Waals surface area contributed by atoms with Gasteiger partial charge in [0.2, 0.25) is 6.39 Å². The Kier molecular flexibility index (Phi) is 3.97. The van der Waals surface area contributed by atoms with Gasteiger partial charge in [-0.3, -0.25) is 0 Å². The molecule has 7 heteroatoms. The Morgan fingerprint density at radius 3 is 3.05 bits per heavy atom. The summed E-state index contributed by atoms with van der Waals surface area (Å²) in [5, 5.41) is 6.81. The van der Waals surface area contributed by atoms with Gasteiger partial charge in [-0.2, -0.15) is 4.98 Å². The first kappa shape index (κ1) is 12.9. The molecule has 0 aliphatic rings. The molecule has 0 saturated carbocycles. The number of carbonyl (C=O) groups is 1. The molecule has 0 amide bonds. The summed E-state index contributed by atoms with van der Waals surface area (Å²) in [6.45, 7) is 0.578. The largest absolute Gasteiger partial charge is 0.465 e. The Labute approximate surface area is 109 Å². The summed E-state index contributed by atoms with van der Waals surface area (Å²) in [7, 11) is 1.34. The molecule has 19 heavy (non-hydrogen) atoms. The molecule has 7 nitrogen and oxygen atoms in total. The molecule has 0 aliphatic heterocycles. The number of hydrogen-bond donors (Lipinski definition) is 2. The number of esters is 1. The van der Waals surface area contributed by atoms with E-state index in [0.29, 0.717) is 35.7 Å². The lowest BCUT2D eigenvalue weighted by molar-refractivity contribution is 0.0601. The highest BCUT2D eigenvalue weighted by Crippen LogP contribution is 2.20. The number of rotatable bonds is 5. The van der Waals surface area contributed by atoms with E-state index in [1.165, 1.54) is 13.5 Å². The van der Waals surface area contributed by atoms with Crippen LogP contribution in [0.15, 0.2) is 29.1 Å². The molecule has 0 fully saturated rings. The fraction of sp³-hybridized carbons (Fsp3) is 0.250. The zero-order chi connectivity index (χ0) is 13.7. The van der Waals surface area contributed by atoms with Crippen LogP contribution in [0.5, 0.6) is 0 Å². The maximum atomic E-state index is 11.4. The number of nitrogens with one attached hydrogen (secondary N) is 1. The van der Waals surface area contributed by atoms with Crippen LogP contribution in [0, 0.1) is 0 Å². The van der Waals surface area contributed by atoms with E-state index in [0.717, 1.165) is 0 Å². The van der Waals surface area contributed by atoms with Crippen molar-refractivity contribution in [2.45, 2.75) is 6.42 Å². The van der Waals surface area contributed by atoms with Gasteiger partial charge in [0.1, 0.15) is 0 Å². The van der Waals surface area contributed by atoms with Crippen molar-refractivity contribution in [3.63, 3.8) is 0 Å². The summed E-state index contributed by atoms with van der Waals surface area (Å²) in [5.74, 6) is 0.205. The van der Waals surface area contributed by atoms with E-state index >= 15 is 0 Å². The third-order valence-electron chi connectivity index (χ3n) is 2.55. The minimum atomic E-state index is -0.402. The van der Waals surface area contributed by atoms with E-state index in [1.54, 1.807) is 18.2 Å². The zero-order valence-corrected chi connectivity index (χ0v) is 10.4. The molecule has 100 valence electrons. The molecule has 3 N–H and O–H groups in total. The number of benzene rings is 1. The minimum Gasteiger partial charge on any atom is -0.465 e. The molecule has 0 saturated heterocycles. The van der Waals surface area contributed by atoms with Gasteiger partial charge in [0, 0.05) is 13.0 Å². The zero-order valence-electron chi connectivity index (χ0n) is 10.4. The second kappa shape index (κ2) is 5.85. The average molecular weight is 262 g/mol. The third kappa shape index (κ3) is 3.21. The maximum absolute atomic E-state index is 11.4. The summed E-state index contributed by atoms with van der Waals surface area (Å²) < 4.78 is 9.29. The number of nitrogen functional groups attached to an aromatic ring is 1. The molecule has 2 rings (SSSR count). The van der Waals surface area contributed by atoms with Gasteiger partial charge < -0.3 is 20.3 Å². The number of ether oxygens (including phenoxy) is 1. The first-order valence-electron chi connectivity index (χ1n) is 5.67. The fourth-order valence-electron chi connectivity index (χ4n) is 1.57. The normalized spacial score (nSPS) is 10.2. The van der Waals surface area contributed by atoms with E-state index in [2.05, 4.69) is 24.7 Å². The Hall–Kier alpha value is -2.57. The minimum absolute atomic E-state index is 0.402. The molecule has 0 unspecified atom stereocenters. The van der Waals surface area contributed by atoms with Crippen molar-refractivity contribution in [1.82, 2.24) is 10.1 Å². The van der Waals surface area contributed by atoms with Crippen molar-refractivity contribution in [3.8, 4) is 0 Å². The lowest BCUT2D eigenvalue weighted by Crippen LogP contribution is -2.09. The second-order valence-electron chi connectivity index (χ2n) is 3.82. The van der Waals surface area contributed by atoms with Gasteiger partial charge in [0.25, 0.3) is 0 Å². The Bertz CT molecular complexity index is 554. The van der Waals surface area contributed by atoms with Crippen LogP contribution < -0.4 is 11.1 Å². The predicted octanol–water partition coefficient (Wildman–Crippen LogP) is 1.09. The lowest BCUT2D eigenvalue weighted by atomic mass is 10.1. The first-order valence-corrected chi connectivity index (χ1v) is 5.67. The maximum Gasteiger partial charge on any atom is 0.337 e. The highest BCUT2D eigenvalue weighted by Gasteiger charge is 2.08. The van der Waals surface area contributed by atoms with Crippen LogP contribution in [0.1, 0.15) is 16.2 Å². The van der Waals surface area contributed by atoms with Crippen LogP contribution in [0.2, 0.25) is 0 Å². The van der Waals surface area contributed by atoms with Gasteiger partial charge in [-0.1, -0.05) is 5.16 Å². The van der Waals surface area contributed by atoms with Gasteiger partial charge in [0.15, 0.2) is 5.82 Å². The van der Waals surface area contributed by atoms with Crippen LogP contribution >= 0.6 is 0 Å². The molecule has 1 aromatic carbocycles. The van der Waals surface area contributed by atoms with Gasteiger partial charge in [-0.15, -0.1) is 0 Å². The summed E-state index contributed by atoms with van der Waals surface area (Å²) in [6, 6.07) is 4.92. The molecular weight excluding hydrogens is 248 g/mol. The van der Waals surface area contributed by atoms with Crippen LogP contribution in [-0.2, 0) is 11.2 Å². The highest BCUT2D eigenvalue weighted by atomic mass is 16.5. The molecule has 1 heterocycles. The number of nitrogens with zero attached hydrogens (tertiary/aromatic N) is 2. The predicted molar refractivity (Wildman–Crippen MR) is 68.7 cm³/mol. The number of carbonyl (C=O) groups excluding carboxylic acids is 1. The van der Waals surface area contributed by atoms with Crippen LogP contribution in [0.4, 0.5) is 11.4 Å². The Balaban J connectivity index is 2.00. The van der Waals surface area contributed by atoms with Crippen molar-refractivity contribution in [3.05, 3.63) is 36.0 Å². The fourth-order valence-corrected chi connectivity index (χ4v) is 1.57. The summed E-state index contributed by atoms with van der Waals surface area (Å²) >= 11 is 0. The quantitative estimate of drug-likeness (QED) is 0.614. The molecule has 0 aliphatic carbocycles. The van der Waals surface area contributed by atoms with Gasteiger partial charge in [-0.25, -0.2) is 4.79 Å². The van der Waals surface area contributed by atoms with Crippen molar-refractivity contribution in [2.75, 3.05) is 24.7 Å². The van der Waals surface area contributed by atoms with E-state index in [9.17, 15) is 4.79 Å². The van der Waals surface area contributed by atoms with Gasteiger partial charge in [-0.05, 0) is 18.2 Å². The average Bonchev–Trinajstić information content (AvgIpc) is 2.93. The van der Waals surface area contributed by atoms with Gasteiger partial charge in [0.05, 0.1) is 24.0 Å². The SMILES string of the molecule is COC(=O)c1ccc(N)c(NCCc2ncon2)c1. The number of anilines is 2. The third-order valence-corrected chi connectivity index (χ3v) is 2.55. The Morgan fingerprint density at radius 1 is 1.53 bits per heavy atom. The topological polar surface area (TPSA) is 103 Å². The number of methoxy groups -OCH3 is 1. The van der Waals surface area contributed by atoms with Crippen LogP contribution in [-0.4, -0.2) is 29.8 Å². The van der Waals surface area contributed by atoms with Crippen molar-refractivity contribution < 1.29 is 14.1 Å². The van der Waals surface area contributed by atoms with Crippen molar-refractivity contribution in [1.29, 1.82) is 0 Å². The number of hydrogen-bond acceptors (Lipinski definition) is 7. The molecule has 1 aromatic heterocycles. The van der Waals surface area contributed by atoms with E-state index < -0.39 is 5.97 Å². The van der Waals surface area contributed by atoms with E-state index in [4.69, 9.17) is 5.73 Å². The lowest BCUT2D eigenvalue weighted by Gasteiger charge is -2.09. The molecule has 0 spiro atoms. The number of aromatic nitrogens is 2. The number of nitrogens with two attached hydrogens (primary N) is 1. The monoisotopic (exact) mass is 262 g/mol. The molecule has 0 atom stereocenters. The summed E-state index contributed by atoms with van der Waals surface area (Å²) in [6.07, 6.45) is 1.87. The van der Waals surface area contributed by atoms with E-state index in [-0.39, 0.29) is 0 Å². The standard InChI is InChI=1S/C12H14N4O3/c1-18-12(17)8-2-3-9(13)10(6-8)14-5-4-11-15-7-19-16-11/h2-3,6-7,14H,4-5,13H2,1H3.